The van der Waals surface area contributed by atoms with Crippen LogP contribution in [-0.2, 0) is 16.1 Å². The number of hydrogen-bond donors (Lipinski definition) is 2. The molecule has 4 rings (SSSR count). The summed E-state index contributed by atoms with van der Waals surface area (Å²) in [5.41, 5.74) is 4.60. The molecule has 2 N–H and O–H groups in total. The first kappa shape index (κ1) is 31.6. The van der Waals surface area contributed by atoms with Gasteiger partial charge in [0.1, 0.15) is 6.04 Å². The molecule has 6 nitrogen and oxygen atoms in total. The van der Waals surface area contributed by atoms with Gasteiger partial charge in [-0.3, -0.25) is 9.69 Å². The van der Waals surface area contributed by atoms with E-state index < -0.39 is 12.0 Å². The smallest absolute Gasteiger partial charge is 0.326 e. The number of amides is 1. The Morgan fingerprint density at radius 2 is 1.83 bits per heavy atom. The predicted molar refractivity (Wildman–Crippen MR) is 168 cm³/mol. The molecule has 1 aliphatic carbocycles. The van der Waals surface area contributed by atoms with Crippen molar-refractivity contribution in [2.45, 2.75) is 83.3 Å². The first-order valence-electron chi connectivity index (χ1n) is 15.3. The summed E-state index contributed by atoms with van der Waals surface area (Å²) in [4.78, 5) is 27.9. The van der Waals surface area contributed by atoms with Crippen LogP contribution in [0.4, 0.5) is 0 Å². The highest BCUT2D eigenvalue weighted by Gasteiger charge is 2.32. The molecule has 1 saturated carbocycles. The van der Waals surface area contributed by atoms with Gasteiger partial charge in [-0.25, -0.2) is 4.79 Å². The third kappa shape index (κ3) is 8.82. The second-order valence-electron chi connectivity index (χ2n) is 12.1. The summed E-state index contributed by atoms with van der Waals surface area (Å²) >= 11 is 1.57. The van der Waals surface area contributed by atoms with Crippen molar-refractivity contribution < 1.29 is 19.4 Å². The molecule has 2 fully saturated rings. The van der Waals surface area contributed by atoms with Crippen molar-refractivity contribution in [3.05, 3.63) is 59.2 Å². The number of likely N-dealkylation sites (tertiary alicyclic amines) is 1. The van der Waals surface area contributed by atoms with Gasteiger partial charge in [-0.05, 0) is 84.4 Å². The topological polar surface area (TPSA) is 78.9 Å². The van der Waals surface area contributed by atoms with Crippen molar-refractivity contribution in [2.24, 2.45) is 11.8 Å². The van der Waals surface area contributed by atoms with Crippen LogP contribution in [0.2, 0.25) is 0 Å². The van der Waals surface area contributed by atoms with Crippen LogP contribution in [0.25, 0.3) is 11.1 Å². The molecule has 7 heteroatoms. The number of nitrogens with one attached hydrogen (secondary N) is 1. The fraction of sp³-hybridized carbons (Fsp3) is 0.588. The molecule has 1 saturated heterocycles. The van der Waals surface area contributed by atoms with E-state index in [1.54, 1.807) is 18.9 Å². The lowest BCUT2D eigenvalue weighted by atomic mass is 9.84. The van der Waals surface area contributed by atoms with Crippen LogP contribution in [0.15, 0.2) is 42.5 Å². The minimum atomic E-state index is -1.00. The predicted octanol–water partition coefficient (Wildman–Crippen LogP) is 6.80. The Balaban J connectivity index is 1.53. The van der Waals surface area contributed by atoms with Crippen molar-refractivity contribution in [1.82, 2.24) is 10.2 Å². The van der Waals surface area contributed by atoms with Gasteiger partial charge in [0.15, 0.2) is 0 Å². The maximum atomic E-state index is 13.5. The number of aryl methyl sites for hydroxylation is 1. The Labute approximate surface area is 250 Å². The molecule has 0 radical (unpaired) electrons. The lowest BCUT2D eigenvalue weighted by Crippen LogP contribution is -2.41. The van der Waals surface area contributed by atoms with Crippen LogP contribution in [-0.4, -0.2) is 66.2 Å². The van der Waals surface area contributed by atoms with E-state index in [1.165, 1.54) is 51.4 Å². The standard InChI is InChI=1S/C34H48N2O4S/c1-24-9-7-8-12-29(24)31-20-27(15-16-30(31)33(37)35-32(34(38)39)17-18-41-3)22-36-21-26(19-28(36)23-40-2)14-13-25-10-5-4-6-11-25/h7-9,12,15-16,20,25-26,28,32H,4-6,10-11,13-14,17-19,21-23H2,1-3H3,(H,35,37)(H,38,39)/t26-,28-,32-/m0/s1. The molecule has 1 heterocycles. The van der Waals surface area contributed by atoms with Gasteiger partial charge in [0, 0.05) is 31.8 Å². The van der Waals surface area contributed by atoms with Gasteiger partial charge in [-0.15, -0.1) is 0 Å². The lowest BCUT2D eigenvalue weighted by molar-refractivity contribution is -0.139. The minimum absolute atomic E-state index is 0.343. The highest BCUT2D eigenvalue weighted by molar-refractivity contribution is 7.98. The third-order valence-electron chi connectivity index (χ3n) is 9.05. The maximum absolute atomic E-state index is 13.5. The molecule has 3 atom stereocenters. The number of carbonyl (C=O) groups excluding carboxylic acids is 1. The van der Waals surface area contributed by atoms with E-state index in [-0.39, 0.29) is 5.91 Å². The Bertz CT molecular complexity index is 1150. The first-order valence-corrected chi connectivity index (χ1v) is 16.7. The van der Waals surface area contributed by atoms with E-state index in [2.05, 4.69) is 16.3 Å². The first-order chi connectivity index (χ1) is 19.9. The van der Waals surface area contributed by atoms with Crippen LogP contribution < -0.4 is 5.32 Å². The number of carboxylic acid groups (broad SMARTS) is 1. The van der Waals surface area contributed by atoms with Gasteiger partial charge in [-0.1, -0.05) is 68.9 Å². The van der Waals surface area contributed by atoms with Crippen molar-refractivity contribution in [2.75, 3.05) is 32.3 Å². The van der Waals surface area contributed by atoms with Crippen LogP contribution in [0.5, 0.6) is 0 Å². The van der Waals surface area contributed by atoms with Gasteiger partial charge in [0.25, 0.3) is 5.91 Å². The Morgan fingerprint density at radius 1 is 1.07 bits per heavy atom. The number of carbonyl (C=O) groups is 2. The molecule has 0 spiro atoms. The summed E-state index contributed by atoms with van der Waals surface area (Å²) in [5, 5.41) is 12.5. The highest BCUT2D eigenvalue weighted by atomic mass is 32.2. The van der Waals surface area contributed by atoms with E-state index in [0.717, 1.165) is 47.9 Å². The Morgan fingerprint density at radius 3 is 2.54 bits per heavy atom. The number of ether oxygens (including phenoxy) is 1. The molecule has 1 aliphatic heterocycles. The molecule has 41 heavy (non-hydrogen) atoms. The Hall–Kier alpha value is -2.35. The summed E-state index contributed by atoms with van der Waals surface area (Å²) in [6.45, 7) is 4.67. The van der Waals surface area contributed by atoms with Gasteiger partial charge in [0.05, 0.1) is 6.61 Å². The molecular weight excluding hydrogens is 532 g/mol. The SMILES string of the molecule is COC[C@@H]1C[C@H](CCC2CCCCC2)CN1Cc1ccc(C(=O)N[C@@H](CCSC)C(=O)O)c(-c2ccccc2C)c1. The average molecular weight is 581 g/mol. The molecule has 0 unspecified atom stereocenters. The van der Waals surface area contributed by atoms with Gasteiger partial charge in [-0.2, -0.15) is 11.8 Å². The zero-order valence-corrected chi connectivity index (χ0v) is 25.9. The summed E-state index contributed by atoms with van der Waals surface area (Å²) in [5.74, 6) is 0.936. The van der Waals surface area contributed by atoms with Gasteiger partial charge < -0.3 is 15.2 Å². The van der Waals surface area contributed by atoms with Crippen molar-refractivity contribution in [3.63, 3.8) is 0 Å². The van der Waals surface area contributed by atoms with E-state index in [1.807, 2.05) is 49.6 Å². The number of carboxylic acids is 1. The minimum Gasteiger partial charge on any atom is -0.480 e. The number of methoxy groups -OCH3 is 1. The number of rotatable bonds is 14. The summed E-state index contributed by atoms with van der Waals surface area (Å²) in [6, 6.07) is 13.6. The third-order valence-corrected chi connectivity index (χ3v) is 9.69. The largest absolute Gasteiger partial charge is 0.480 e. The fourth-order valence-corrected chi connectivity index (χ4v) is 7.23. The molecule has 224 valence electrons. The molecule has 2 aromatic rings. The average Bonchev–Trinajstić information content (AvgIpc) is 3.35. The number of benzene rings is 2. The second-order valence-corrected chi connectivity index (χ2v) is 13.0. The number of aliphatic carboxylic acids is 1. The summed E-state index contributed by atoms with van der Waals surface area (Å²) in [7, 11) is 1.79. The maximum Gasteiger partial charge on any atom is 0.326 e. The summed E-state index contributed by atoms with van der Waals surface area (Å²) in [6.07, 6.45) is 13.2. The number of hydrogen-bond acceptors (Lipinski definition) is 5. The fourth-order valence-electron chi connectivity index (χ4n) is 6.75. The number of thioether (sulfide) groups is 1. The van der Waals surface area contributed by atoms with Crippen LogP contribution in [0.1, 0.15) is 79.3 Å². The van der Waals surface area contributed by atoms with Crippen molar-refractivity contribution >= 4 is 23.6 Å². The van der Waals surface area contributed by atoms with Crippen molar-refractivity contribution in [1.29, 1.82) is 0 Å². The zero-order valence-electron chi connectivity index (χ0n) is 25.1. The van der Waals surface area contributed by atoms with E-state index in [0.29, 0.717) is 29.7 Å². The normalized spacial score (nSPS) is 20.7. The molecule has 0 bridgehead atoms. The molecular formula is C34H48N2O4S. The van der Waals surface area contributed by atoms with Crippen LogP contribution >= 0.6 is 11.8 Å². The summed E-state index contributed by atoms with van der Waals surface area (Å²) < 4.78 is 5.64. The van der Waals surface area contributed by atoms with E-state index in [9.17, 15) is 14.7 Å². The quantitative estimate of drug-likeness (QED) is 0.256. The monoisotopic (exact) mass is 580 g/mol. The van der Waals surface area contributed by atoms with Crippen LogP contribution in [0, 0.1) is 18.8 Å². The molecule has 0 aromatic heterocycles. The van der Waals surface area contributed by atoms with Gasteiger partial charge in [0.2, 0.25) is 0 Å². The van der Waals surface area contributed by atoms with Crippen LogP contribution in [0.3, 0.4) is 0 Å². The lowest BCUT2D eigenvalue weighted by Gasteiger charge is -2.25. The number of nitrogens with zero attached hydrogens (tertiary/aromatic N) is 1. The Kier molecular flexibility index (Phi) is 12.1. The van der Waals surface area contributed by atoms with Crippen molar-refractivity contribution in [3.8, 4) is 11.1 Å². The zero-order chi connectivity index (χ0) is 29.2. The van der Waals surface area contributed by atoms with E-state index >= 15 is 0 Å². The second kappa shape index (κ2) is 15.8. The highest BCUT2D eigenvalue weighted by Crippen LogP contribution is 2.35. The molecule has 1 amide bonds. The molecule has 2 aliphatic rings. The molecule has 2 aromatic carbocycles. The van der Waals surface area contributed by atoms with Gasteiger partial charge >= 0.3 is 5.97 Å². The van der Waals surface area contributed by atoms with E-state index in [4.69, 9.17) is 4.74 Å².